The van der Waals surface area contributed by atoms with Gasteiger partial charge in [0, 0.05) is 18.2 Å². The van der Waals surface area contributed by atoms with Gasteiger partial charge in [0.1, 0.15) is 0 Å². The molecule has 148 valence electrons. The van der Waals surface area contributed by atoms with E-state index in [1.54, 1.807) is 11.0 Å². The smallest absolute Gasteiger partial charge is 0.243 e. The molecule has 2 rings (SSSR count). The number of amides is 3. The van der Waals surface area contributed by atoms with E-state index in [1.807, 2.05) is 39.0 Å². The molecule has 0 saturated heterocycles. The van der Waals surface area contributed by atoms with E-state index < -0.39 is 0 Å². The molecule has 0 unspecified atom stereocenters. The minimum absolute atomic E-state index is 0.00520. The van der Waals surface area contributed by atoms with Crippen molar-refractivity contribution in [3.8, 4) is 0 Å². The van der Waals surface area contributed by atoms with Crippen LogP contribution in [0.2, 0.25) is 0 Å². The number of nitrogens with zero attached hydrogens (tertiary/aromatic N) is 1. The average Bonchev–Trinajstić information content (AvgIpc) is 3.13. The Bertz CT molecular complexity index is 666. The van der Waals surface area contributed by atoms with Gasteiger partial charge in [-0.3, -0.25) is 14.4 Å². The first kappa shape index (κ1) is 20.9. The second-order valence-electron chi connectivity index (χ2n) is 7.79. The highest BCUT2D eigenvalue weighted by atomic mass is 16.2. The van der Waals surface area contributed by atoms with Gasteiger partial charge in [-0.2, -0.15) is 0 Å². The lowest BCUT2D eigenvalue weighted by molar-refractivity contribution is -0.139. The van der Waals surface area contributed by atoms with Crippen molar-refractivity contribution < 1.29 is 14.4 Å². The Morgan fingerprint density at radius 2 is 1.85 bits per heavy atom. The fraction of sp³-hybridized carbons (Fsp3) is 0.571. The molecular weight excluding hydrogens is 342 g/mol. The van der Waals surface area contributed by atoms with Crippen molar-refractivity contribution in [1.29, 1.82) is 0 Å². The third kappa shape index (κ3) is 7.04. The standard InChI is InChI=1S/C21H31N3O3/c1-15(2)13-24(21(27)17-8-4-5-9-17)14-20(26)22-12-19(25)23-18-10-6-7-16(3)11-18/h6-7,10-11,15,17H,4-5,8-9,12-14H2,1-3H3,(H,22,26)(H,23,25). The van der Waals surface area contributed by atoms with Gasteiger partial charge < -0.3 is 15.5 Å². The summed E-state index contributed by atoms with van der Waals surface area (Å²) >= 11 is 0. The summed E-state index contributed by atoms with van der Waals surface area (Å²) in [5.74, 6) is -0.192. The van der Waals surface area contributed by atoms with E-state index in [9.17, 15) is 14.4 Å². The third-order valence-corrected chi connectivity index (χ3v) is 4.68. The molecule has 1 aromatic carbocycles. The van der Waals surface area contributed by atoms with Crippen LogP contribution in [-0.2, 0) is 14.4 Å². The Morgan fingerprint density at radius 3 is 2.48 bits per heavy atom. The molecule has 6 heteroatoms. The van der Waals surface area contributed by atoms with Gasteiger partial charge in [0.25, 0.3) is 0 Å². The number of carbonyl (C=O) groups excluding carboxylic acids is 3. The van der Waals surface area contributed by atoms with Gasteiger partial charge in [-0.25, -0.2) is 0 Å². The van der Waals surface area contributed by atoms with E-state index in [0.717, 1.165) is 31.2 Å². The maximum Gasteiger partial charge on any atom is 0.243 e. The molecule has 1 aliphatic carbocycles. The zero-order chi connectivity index (χ0) is 19.8. The summed E-state index contributed by atoms with van der Waals surface area (Å²) in [7, 11) is 0. The number of hydrogen-bond donors (Lipinski definition) is 2. The number of rotatable bonds is 8. The summed E-state index contributed by atoms with van der Waals surface area (Å²) in [6, 6.07) is 7.48. The van der Waals surface area contributed by atoms with Gasteiger partial charge >= 0.3 is 0 Å². The van der Waals surface area contributed by atoms with Crippen molar-refractivity contribution in [2.75, 3.05) is 25.0 Å². The monoisotopic (exact) mass is 373 g/mol. The van der Waals surface area contributed by atoms with Crippen LogP contribution in [0.4, 0.5) is 5.69 Å². The topological polar surface area (TPSA) is 78.5 Å². The number of hydrogen-bond acceptors (Lipinski definition) is 3. The lowest BCUT2D eigenvalue weighted by Gasteiger charge is -2.26. The number of nitrogens with one attached hydrogen (secondary N) is 2. The van der Waals surface area contributed by atoms with Crippen molar-refractivity contribution in [1.82, 2.24) is 10.2 Å². The third-order valence-electron chi connectivity index (χ3n) is 4.68. The molecule has 0 atom stereocenters. The highest BCUT2D eigenvalue weighted by molar-refractivity contribution is 5.95. The van der Waals surface area contributed by atoms with Crippen LogP contribution in [0, 0.1) is 18.8 Å². The Balaban J connectivity index is 1.83. The van der Waals surface area contributed by atoms with Crippen LogP contribution in [0.1, 0.15) is 45.1 Å². The van der Waals surface area contributed by atoms with Crippen molar-refractivity contribution in [3.63, 3.8) is 0 Å². The van der Waals surface area contributed by atoms with E-state index >= 15 is 0 Å². The van der Waals surface area contributed by atoms with Gasteiger partial charge in [0.15, 0.2) is 0 Å². The summed E-state index contributed by atoms with van der Waals surface area (Å²) in [6.07, 6.45) is 3.98. The second kappa shape index (κ2) is 10.1. The molecule has 3 amide bonds. The maximum absolute atomic E-state index is 12.7. The van der Waals surface area contributed by atoms with Crippen LogP contribution < -0.4 is 10.6 Å². The van der Waals surface area contributed by atoms with Crippen LogP contribution in [0.3, 0.4) is 0 Å². The van der Waals surface area contributed by atoms with Crippen molar-refractivity contribution in [2.24, 2.45) is 11.8 Å². The first-order valence-corrected chi connectivity index (χ1v) is 9.77. The molecule has 0 heterocycles. The molecule has 0 aliphatic heterocycles. The Morgan fingerprint density at radius 1 is 1.15 bits per heavy atom. The van der Waals surface area contributed by atoms with Gasteiger partial charge in [-0.15, -0.1) is 0 Å². The van der Waals surface area contributed by atoms with Gasteiger partial charge in [0.2, 0.25) is 17.7 Å². The zero-order valence-corrected chi connectivity index (χ0v) is 16.6. The molecule has 1 aliphatic rings. The molecule has 0 bridgehead atoms. The number of benzene rings is 1. The van der Waals surface area contributed by atoms with Crippen LogP contribution in [0.25, 0.3) is 0 Å². The predicted octanol–water partition coefficient (Wildman–Crippen LogP) is 2.72. The quantitative estimate of drug-likeness (QED) is 0.735. The van der Waals surface area contributed by atoms with Gasteiger partial charge in [-0.1, -0.05) is 38.8 Å². The fourth-order valence-electron chi connectivity index (χ4n) is 3.44. The zero-order valence-electron chi connectivity index (χ0n) is 16.6. The van der Waals surface area contributed by atoms with E-state index in [1.165, 1.54) is 0 Å². The number of anilines is 1. The molecule has 0 spiro atoms. The largest absolute Gasteiger partial charge is 0.345 e. The van der Waals surface area contributed by atoms with E-state index in [2.05, 4.69) is 10.6 Å². The minimum atomic E-state index is -0.304. The maximum atomic E-state index is 12.7. The number of carbonyl (C=O) groups is 3. The molecule has 27 heavy (non-hydrogen) atoms. The normalized spacial score (nSPS) is 14.2. The molecule has 1 fully saturated rings. The molecule has 1 aromatic rings. The second-order valence-corrected chi connectivity index (χ2v) is 7.79. The molecule has 0 radical (unpaired) electrons. The molecule has 0 aromatic heterocycles. The van der Waals surface area contributed by atoms with E-state index in [-0.39, 0.29) is 42.6 Å². The molecule has 6 nitrogen and oxygen atoms in total. The Hall–Kier alpha value is -2.37. The van der Waals surface area contributed by atoms with Crippen molar-refractivity contribution in [2.45, 2.75) is 46.5 Å². The molecule has 2 N–H and O–H groups in total. The van der Waals surface area contributed by atoms with E-state index in [4.69, 9.17) is 0 Å². The SMILES string of the molecule is Cc1cccc(NC(=O)CNC(=O)CN(CC(C)C)C(=O)C2CCCC2)c1. The van der Waals surface area contributed by atoms with Crippen LogP contribution in [0.5, 0.6) is 0 Å². The summed E-state index contributed by atoms with van der Waals surface area (Å²) < 4.78 is 0. The summed E-state index contributed by atoms with van der Waals surface area (Å²) in [6.45, 7) is 6.45. The summed E-state index contributed by atoms with van der Waals surface area (Å²) in [5, 5.41) is 5.38. The van der Waals surface area contributed by atoms with Gasteiger partial charge in [-0.05, 0) is 43.4 Å². The van der Waals surface area contributed by atoms with Gasteiger partial charge in [0.05, 0.1) is 13.1 Å². The lowest BCUT2D eigenvalue weighted by atomic mass is 10.1. The number of aryl methyl sites for hydroxylation is 1. The summed E-state index contributed by atoms with van der Waals surface area (Å²) in [4.78, 5) is 38.7. The fourth-order valence-corrected chi connectivity index (χ4v) is 3.44. The highest BCUT2D eigenvalue weighted by Gasteiger charge is 2.28. The average molecular weight is 373 g/mol. The minimum Gasteiger partial charge on any atom is -0.345 e. The van der Waals surface area contributed by atoms with Crippen LogP contribution in [0.15, 0.2) is 24.3 Å². The lowest BCUT2D eigenvalue weighted by Crippen LogP contribution is -2.45. The predicted molar refractivity (Wildman–Crippen MR) is 106 cm³/mol. The van der Waals surface area contributed by atoms with E-state index in [0.29, 0.717) is 12.2 Å². The van der Waals surface area contributed by atoms with Crippen LogP contribution >= 0.6 is 0 Å². The Kier molecular flexibility index (Phi) is 7.82. The first-order valence-electron chi connectivity index (χ1n) is 9.77. The Labute approximate surface area is 161 Å². The van der Waals surface area contributed by atoms with Crippen molar-refractivity contribution in [3.05, 3.63) is 29.8 Å². The molecular formula is C21H31N3O3. The summed E-state index contributed by atoms with van der Waals surface area (Å²) in [5.41, 5.74) is 1.75. The van der Waals surface area contributed by atoms with Crippen LogP contribution in [-0.4, -0.2) is 42.3 Å². The molecule has 1 saturated carbocycles. The highest BCUT2D eigenvalue weighted by Crippen LogP contribution is 2.26. The first-order chi connectivity index (χ1) is 12.8. The van der Waals surface area contributed by atoms with Crippen molar-refractivity contribution >= 4 is 23.4 Å².